The highest BCUT2D eigenvalue weighted by Gasteiger charge is 2.33. The molecule has 0 aromatic carbocycles. The van der Waals surface area contributed by atoms with E-state index in [0.29, 0.717) is 0 Å². The van der Waals surface area contributed by atoms with Crippen molar-refractivity contribution in [3.8, 4) is 0 Å². The number of rotatable bonds is 0. The molecule has 68 valence electrons. The first-order valence-electron chi connectivity index (χ1n) is 4.88. The van der Waals surface area contributed by atoms with Crippen LogP contribution >= 0.6 is 0 Å². The summed E-state index contributed by atoms with van der Waals surface area (Å²) in [6.45, 7) is 8.59. The van der Waals surface area contributed by atoms with Gasteiger partial charge in [0.25, 0.3) is 0 Å². The van der Waals surface area contributed by atoms with Crippen LogP contribution in [0.5, 0.6) is 0 Å². The Morgan fingerprint density at radius 1 is 1.42 bits per heavy atom. The van der Waals surface area contributed by atoms with Gasteiger partial charge in [0.15, 0.2) is 0 Å². The molecule has 2 rings (SSSR count). The van der Waals surface area contributed by atoms with Crippen molar-refractivity contribution in [3.63, 3.8) is 0 Å². The van der Waals surface area contributed by atoms with Gasteiger partial charge in [0.2, 0.25) is 0 Å². The zero-order valence-electron chi connectivity index (χ0n) is 7.77. The third-order valence-corrected chi connectivity index (χ3v) is 3.15. The molecular formula is C10H18N2. The molecule has 3 unspecified atom stereocenters. The molecule has 0 radical (unpaired) electrons. The Labute approximate surface area is 74.4 Å². The lowest BCUT2D eigenvalue weighted by Crippen LogP contribution is -2.55. The predicted octanol–water partition coefficient (Wildman–Crippen LogP) is 1.11. The van der Waals surface area contributed by atoms with E-state index in [0.717, 1.165) is 24.5 Å². The zero-order valence-corrected chi connectivity index (χ0v) is 7.77. The Morgan fingerprint density at radius 3 is 3.08 bits per heavy atom. The maximum Gasteiger partial charge on any atom is 0.0456 e. The third kappa shape index (κ3) is 1.41. The molecule has 2 aliphatic rings. The highest BCUT2D eigenvalue weighted by Crippen LogP contribution is 2.32. The van der Waals surface area contributed by atoms with Gasteiger partial charge in [-0.05, 0) is 24.7 Å². The first-order valence-corrected chi connectivity index (χ1v) is 4.88. The molecule has 0 amide bonds. The maximum atomic E-state index is 4.10. The molecule has 1 aliphatic heterocycles. The van der Waals surface area contributed by atoms with Gasteiger partial charge in [-0.1, -0.05) is 19.1 Å². The van der Waals surface area contributed by atoms with Crippen LogP contribution < -0.4 is 10.6 Å². The van der Waals surface area contributed by atoms with E-state index in [4.69, 9.17) is 0 Å². The summed E-state index contributed by atoms with van der Waals surface area (Å²) in [4.78, 5) is 0. The number of hydrogen-bond acceptors (Lipinski definition) is 2. The number of allylic oxidation sites excluding steroid dienone is 1. The highest BCUT2D eigenvalue weighted by molar-refractivity contribution is 5.07. The molecule has 2 N–H and O–H groups in total. The lowest BCUT2D eigenvalue weighted by molar-refractivity contribution is 0.188. The molecule has 2 nitrogen and oxygen atoms in total. The van der Waals surface area contributed by atoms with E-state index in [9.17, 15) is 0 Å². The molecule has 1 aliphatic carbocycles. The van der Waals surface area contributed by atoms with Crippen LogP contribution in [0.1, 0.15) is 19.8 Å². The van der Waals surface area contributed by atoms with Gasteiger partial charge in [-0.3, -0.25) is 0 Å². The van der Waals surface area contributed by atoms with Gasteiger partial charge in [-0.2, -0.15) is 0 Å². The second kappa shape index (κ2) is 3.19. The van der Waals surface area contributed by atoms with Gasteiger partial charge in [0.1, 0.15) is 0 Å². The molecule has 0 spiro atoms. The minimum absolute atomic E-state index is 0.733. The van der Waals surface area contributed by atoms with Gasteiger partial charge in [-0.15, -0.1) is 0 Å². The molecule has 2 fully saturated rings. The van der Waals surface area contributed by atoms with Crippen LogP contribution in [0, 0.1) is 11.8 Å². The Hall–Kier alpha value is -0.340. The lowest BCUT2D eigenvalue weighted by Gasteiger charge is -2.41. The normalized spacial score (nSPS) is 42.4. The summed E-state index contributed by atoms with van der Waals surface area (Å²) in [6.07, 6.45) is 2.43. The van der Waals surface area contributed by atoms with Crippen molar-refractivity contribution in [2.45, 2.75) is 25.8 Å². The van der Waals surface area contributed by atoms with E-state index in [-0.39, 0.29) is 0 Å². The minimum atomic E-state index is 0.733. The van der Waals surface area contributed by atoms with E-state index in [1.54, 1.807) is 0 Å². The van der Waals surface area contributed by atoms with Crippen molar-refractivity contribution in [1.29, 1.82) is 0 Å². The molecule has 0 bridgehead atoms. The van der Waals surface area contributed by atoms with Crippen LogP contribution in [0.25, 0.3) is 0 Å². The maximum absolute atomic E-state index is 4.10. The van der Waals surface area contributed by atoms with Crippen molar-refractivity contribution < 1.29 is 0 Å². The summed E-state index contributed by atoms with van der Waals surface area (Å²) in [7, 11) is 0. The van der Waals surface area contributed by atoms with Crippen LogP contribution in [-0.4, -0.2) is 19.3 Å². The second-order valence-corrected chi connectivity index (χ2v) is 4.26. The Balaban J connectivity index is 2.06. The molecule has 0 aromatic rings. The molecule has 1 saturated heterocycles. The van der Waals surface area contributed by atoms with Gasteiger partial charge in [-0.25, -0.2) is 0 Å². The van der Waals surface area contributed by atoms with Crippen LogP contribution in [-0.2, 0) is 0 Å². The number of fused-ring (bicyclic) bond motifs is 1. The predicted molar refractivity (Wildman–Crippen MR) is 50.8 cm³/mol. The van der Waals surface area contributed by atoms with Gasteiger partial charge < -0.3 is 10.6 Å². The first kappa shape index (κ1) is 8.27. The van der Waals surface area contributed by atoms with Crippen LogP contribution in [0.15, 0.2) is 12.2 Å². The Bertz CT molecular complexity index is 188. The quantitative estimate of drug-likeness (QED) is 0.527. The Morgan fingerprint density at radius 2 is 2.25 bits per heavy atom. The van der Waals surface area contributed by atoms with Crippen molar-refractivity contribution in [2.24, 2.45) is 11.8 Å². The van der Waals surface area contributed by atoms with Crippen molar-refractivity contribution in [3.05, 3.63) is 12.2 Å². The molecular weight excluding hydrogens is 148 g/mol. The van der Waals surface area contributed by atoms with Crippen LogP contribution in [0.2, 0.25) is 0 Å². The molecule has 0 aromatic heterocycles. The second-order valence-electron chi connectivity index (χ2n) is 4.26. The van der Waals surface area contributed by atoms with Crippen LogP contribution in [0.3, 0.4) is 0 Å². The van der Waals surface area contributed by atoms with E-state index in [2.05, 4.69) is 24.1 Å². The summed E-state index contributed by atoms with van der Waals surface area (Å²) in [5.74, 6) is 1.56. The molecule has 1 saturated carbocycles. The fraction of sp³-hybridized carbons (Fsp3) is 0.800. The smallest absolute Gasteiger partial charge is 0.0456 e. The standard InChI is InChI=1S/C10H18N2/c1-7-3-8(2)10-9(4-7)5-11-6-12-10/h8-12H,1,3-6H2,2H3. The van der Waals surface area contributed by atoms with E-state index in [1.807, 2.05) is 0 Å². The first-order chi connectivity index (χ1) is 5.77. The van der Waals surface area contributed by atoms with Gasteiger partial charge in [0, 0.05) is 19.3 Å². The average Bonchev–Trinajstić information content (AvgIpc) is 2.04. The van der Waals surface area contributed by atoms with Gasteiger partial charge in [0.05, 0.1) is 0 Å². The van der Waals surface area contributed by atoms with E-state index in [1.165, 1.54) is 25.0 Å². The molecule has 1 heterocycles. The minimum Gasteiger partial charge on any atom is -0.304 e. The van der Waals surface area contributed by atoms with E-state index >= 15 is 0 Å². The molecule has 2 heteroatoms. The number of hydrogen-bond donors (Lipinski definition) is 2. The molecule has 3 atom stereocenters. The highest BCUT2D eigenvalue weighted by atomic mass is 15.1. The van der Waals surface area contributed by atoms with Crippen molar-refractivity contribution in [2.75, 3.05) is 13.2 Å². The van der Waals surface area contributed by atoms with Crippen LogP contribution in [0.4, 0.5) is 0 Å². The zero-order chi connectivity index (χ0) is 8.55. The summed E-state index contributed by atoms with van der Waals surface area (Å²) in [5.41, 5.74) is 1.44. The fourth-order valence-corrected chi connectivity index (χ4v) is 2.64. The van der Waals surface area contributed by atoms with Crippen molar-refractivity contribution in [1.82, 2.24) is 10.6 Å². The topological polar surface area (TPSA) is 24.1 Å². The molecule has 12 heavy (non-hydrogen) atoms. The average molecular weight is 166 g/mol. The Kier molecular flexibility index (Phi) is 2.20. The fourth-order valence-electron chi connectivity index (χ4n) is 2.64. The largest absolute Gasteiger partial charge is 0.304 e. The number of nitrogens with one attached hydrogen (secondary N) is 2. The SMILES string of the molecule is C=C1CC(C)C2NCNCC2C1. The third-order valence-electron chi connectivity index (χ3n) is 3.15. The lowest BCUT2D eigenvalue weighted by atomic mass is 9.75. The summed E-state index contributed by atoms with van der Waals surface area (Å²) >= 11 is 0. The summed E-state index contributed by atoms with van der Waals surface area (Å²) in [5, 5.41) is 6.91. The monoisotopic (exact) mass is 166 g/mol. The summed E-state index contributed by atoms with van der Waals surface area (Å²) < 4.78 is 0. The van der Waals surface area contributed by atoms with E-state index < -0.39 is 0 Å². The van der Waals surface area contributed by atoms with Crippen molar-refractivity contribution >= 4 is 0 Å². The van der Waals surface area contributed by atoms with Gasteiger partial charge >= 0.3 is 0 Å². The summed E-state index contributed by atoms with van der Waals surface area (Å²) in [6, 6.07) is 0.733.